The molecule has 2 fully saturated rings. The second-order valence-electron chi connectivity index (χ2n) is 6.23. The number of fused-ring (bicyclic) bond motifs is 3. The average molecular weight is 258 g/mol. The molecule has 3 atom stereocenters. The maximum Gasteiger partial charge on any atom is 0.123 e. The molecule has 0 spiro atoms. The fourth-order valence-corrected chi connectivity index (χ4v) is 4.01. The van der Waals surface area contributed by atoms with Crippen LogP contribution < -0.4 is 10.1 Å². The van der Waals surface area contributed by atoms with E-state index in [1.807, 2.05) is 0 Å². The van der Waals surface area contributed by atoms with Crippen LogP contribution in [0.25, 0.3) is 0 Å². The summed E-state index contributed by atoms with van der Waals surface area (Å²) in [6, 6.07) is 10.1. The predicted octanol–water partition coefficient (Wildman–Crippen LogP) is 2.02. The molecule has 0 aromatic heterocycles. The van der Waals surface area contributed by atoms with E-state index in [0.29, 0.717) is 0 Å². The van der Waals surface area contributed by atoms with Gasteiger partial charge < -0.3 is 10.1 Å². The Morgan fingerprint density at radius 3 is 3.05 bits per heavy atom. The summed E-state index contributed by atoms with van der Waals surface area (Å²) in [5.41, 5.74) is 1.34. The van der Waals surface area contributed by atoms with Gasteiger partial charge in [-0.3, -0.25) is 4.90 Å². The molecule has 1 aromatic carbocycles. The molecule has 0 saturated carbocycles. The lowest BCUT2D eigenvalue weighted by atomic mass is 9.88. The van der Waals surface area contributed by atoms with Gasteiger partial charge in [0.05, 0.1) is 0 Å². The first-order valence-electron chi connectivity index (χ1n) is 7.57. The van der Waals surface area contributed by atoms with Crippen LogP contribution in [-0.4, -0.2) is 36.7 Å². The van der Waals surface area contributed by atoms with Crippen LogP contribution in [0.3, 0.4) is 0 Å². The molecule has 0 aliphatic carbocycles. The summed E-state index contributed by atoms with van der Waals surface area (Å²) >= 11 is 0. The summed E-state index contributed by atoms with van der Waals surface area (Å²) < 4.78 is 5.85. The van der Waals surface area contributed by atoms with E-state index in [0.717, 1.165) is 43.4 Å². The highest BCUT2D eigenvalue weighted by Gasteiger charge is 2.39. The van der Waals surface area contributed by atoms with Crippen molar-refractivity contribution in [1.82, 2.24) is 10.2 Å². The molecule has 3 aliphatic heterocycles. The maximum atomic E-state index is 5.85. The van der Waals surface area contributed by atoms with Gasteiger partial charge in [0.15, 0.2) is 0 Å². The molecule has 3 heterocycles. The van der Waals surface area contributed by atoms with E-state index in [1.54, 1.807) is 0 Å². The molecule has 3 heteroatoms. The summed E-state index contributed by atoms with van der Waals surface area (Å²) in [4.78, 5) is 2.58. The van der Waals surface area contributed by atoms with Crippen LogP contribution in [0, 0.1) is 5.92 Å². The van der Waals surface area contributed by atoms with Gasteiger partial charge in [-0.25, -0.2) is 0 Å². The molecule has 2 bridgehead atoms. The Hall–Kier alpha value is -1.06. The zero-order chi connectivity index (χ0) is 12.7. The van der Waals surface area contributed by atoms with E-state index < -0.39 is 0 Å². The lowest BCUT2D eigenvalue weighted by molar-refractivity contribution is 0.185. The minimum absolute atomic E-state index is 0.782. The monoisotopic (exact) mass is 258 g/mol. The van der Waals surface area contributed by atoms with Crippen molar-refractivity contribution in [2.24, 2.45) is 5.92 Å². The first-order chi connectivity index (χ1) is 9.38. The van der Waals surface area contributed by atoms with Crippen LogP contribution in [0.4, 0.5) is 0 Å². The number of nitrogens with one attached hydrogen (secondary N) is 1. The Labute approximate surface area is 114 Å². The highest BCUT2D eigenvalue weighted by Crippen LogP contribution is 2.34. The molecule has 3 aliphatic rings. The predicted molar refractivity (Wildman–Crippen MR) is 75.3 cm³/mol. The lowest BCUT2D eigenvalue weighted by Crippen LogP contribution is -2.36. The minimum atomic E-state index is 0.782. The SMILES string of the molecule is c1ccc2c(c1)CN(CC1CC3CCC1N3)CCO2. The number of benzene rings is 1. The molecule has 19 heavy (non-hydrogen) atoms. The Morgan fingerprint density at radius 2 is 2.21 bits per heavy atom. The molecular weight excluding hydrogens is 236 g/mol. The van der Waals surface area contributed by atoms with Gasteiger partial charge in [0.1, 0.15) is 12.4 Å². The Bertz CT molecular complexity index is 462. The van der Waals surface area contributed by atoms with Crippen LogP contribution >= 0.6 is 0 Å². The van der Waals surface area contributed by atoms with E-state index in [-0.39, 0.29) is 0 Å². The van der Waals surface area contributed by atoms with Gasteiger partial charge in [-0.15, -0.1) is 0 Å². The second kappa shape index (κ2) is 4.80. The van der Waals surface area contributed by atoms with Crippen molar-refractivity contribution in [3.8, 4) is 5.75 Å². The number of hydrogen-bond donors (Lipinski definition) is 1. The Kier molecular flexibility index (Phi) is 2.97. The van der Waals surface area contributed by atoms with Gasteiger partial charge in [0, 0.05) is 37.3 Å². The number of nitrogens with zero attached hydrogens (tertiary/aromatic N) is 1. The molecule has 1 N–H and O–H groups in total. The van der Waals surface area contributed by atoms with Crippen molar-refractivity contribution in [2.45, 2.75) is 37.9 Å². The summed E-state index contributed by atoms with van der Waals surface area (Å²) in [6.07, 6.45) is 4.16. The van der Waals surface area contributed by atoms with Gasteiger partial charge in [0.25, 0.3) is 0 Å². The third-order valence-corrected chi connectivity index (χ3v) is 4.96. The van der Waals surface area contributed by atoms with Crippen LogP contribution in [0.15, 0.2) is 24.3 Å². The van der Waals surface area contributed by atoms with Crippen molar-refractivity contribution < 1.29 is 4.74 Å². The molecule has 3 unspecified atom stereocenters. The molecule has 4 rings (SSSR count). The first-order valence-corrected chi connectivity index (χ1v) is 7.57. The van der Waals surface area contributed by atoms with E-state index in [9.17, 15) is 0 Å². The highest BCUT2D eigenvalue weighted by molar-refractivity contribution is 5.33. The van der Waals surface area contributed by atoms with Crippen LogP contribution in [0.1, 0.15) is 24.8 Å². The molecule has 0 amide bonds. The van der Waals surface area contributed by atoms with Gasteiger partial charge >= 0.3 is 0 Å². The summed E-state index contributed by atoms with van der Waals surface area (Å²) in [6.45, 7) is 4.16. The normalized spacial score (nSPS) is 33.8. The van der Waals surface area contributed by atoms with Gasteiger partial charge in [-0.2, -0.15) is 0 Å². The fourth-order valence-electron chi connectivity index (χ4n) is 4.01. The van der Waals surface area contributed by atoms with Crippen LogP contribution in [0.2, 0.25) is 0 Å². The molecule has 2 saturated heterocycles. The number of ether oxygens (including phenoxy) is 1. The van der Waals surface area contributed by atoms with Gasteiger partial charge in [-0.05, 0) is 31.2 Å². The van der Waals surface area contributed by atoms with E-state index >= 15 is 0 Å². The lowest BCUT2D eigenvalue weighted by Gasteiger charge is -2.27. The standard InChI is InChI=1S/C16H22N2O/c1-2-4-16-12(3-1)10-18(7-8-19-16)11-13-9-14-5-6-15(13)17-14/h1-4,13-15,17H,5-11H2. The van der Waals surface area contributed by atoms with Gasteiger partial charge in [-0.1, -0.05) is 18.2 Å². The van der Waals surface area contributed by atoms with Crippen molar-refractivity contribution in [3.63, 3.8) is 0 Å². The Balaban J connectivity index is 1.45. The largest absolute Gasteiger partial charge is 0.492 e. The summed E-state index contributed by atoms with van der Waals surface area (Å²) in [7, 11) is 0. The zero-order valence-electron chi connectivity index (χ0n) is 11.3. The summed E-state index contributed by atoms with van der Waals surface area (Å²) in [5.74, 6) is 1.93. The highest BCUT2D eigenvalue weighted by atomic mass is 16.5. The summed E-state index contributed by atoms with van der Waals surface area (Å²) in [5, 5.41) is 3.74. The van der Waals surface area contributed by atoms with Gasteiger partial charge in [0.2, 0.25) is 0 Å². The molecule has 1 aromatic rings. The van der Waals surface area contributed by atoms with Crippen molar-refractivity contribution >= 4 is 0 Å². The second-order valence-corrected chi connectivity index (χ2v) is 6.23. The fraction of sp³-hybridized carbons (Fsp3) is 0.625. The van der Waals surface area contributed by atoms with Crippen molar-refractivity contribution in [1.29, 1.82) is 0 Å². The number of para-hydroxylation sites is 1. The first kappa shape index (κ1) is 11.7. The third kappa shape index (κ3) is 2.26. The topological polar surface area (TPSA) is 24.5 Å². The smallest absolute Gasteiger partial charge is 0.123 e. The van der Waals surface area contributed by atoms with E-state index in [4.69, 9.17) is 4.74 Å². The maximum absolute atomic E-state index is 5.85. The molecule has 0 radical (unpaired) electrons. The Morgan fingerprint density at radius 1 is 1.26 bits per heavy atom. The van der Waals surface area contributed by atoms with E-state index in [2.05, 4.69) is 34.5 Å². The molecule has 102 valence electrons. The molecular formula is C16H22N2O. The number of hydrogen-bond acceptors (Lipinski definition) is 3. The quantitative estimate of drug-likeness (QED) is 0.878. The van der Waals surface area contributed by atoms with Crippen LogP contribution in [0.5, 0.6) is 5.75 Å². The average Bonchev–Trinajstić information content (AvgIpc) is 2.97. The number of rotatable bonds is 2. The van der Waals surface area contributed by atoms with Crippen LogP contribution in [-0.2, 0) is 6.54 Å². The zero-order valence-corrected chi connectivity index (χ0v) is 11.3. The molecule has 3 nitrogen and oxygen atoms in total. The third-order valence-electron chi connectivity index (χ3n) is 4.96. The van der Waals surface area contributed by atoms with Crippen molar-refractivity contribution in [3.05, 3.63) is 29.8 Å². The minimum Gasteiger partial charge on any atom is -0.492 e. The van der Waals surface area contributed by atoms with E-state index in [1.165, 1.54) is 31.4 Å². The van der Waals surface area contributed by atoms with Crippen molar-refractivity contribution in [2.75, 3.05) is 19.7 Å².